The van der Waals surface area contributed by atoms with Gasteiger partial charge in [0.05, 0.1) is 0 Å². The summed E-state index contributed by atoms with van der Waals surface area (Å²) in [6.07, 6.45) is 4.83. The van der Waals surface area contributed by atoms with Crippen LogP contribution in [0.15, 0.2) is 0 Å². The van der Waals surface area contributed by atoms with Crippen molar-refractivity contribution in [3.8, 4) is 0 Å². The SMILES string of the molecule is CC(C)CCCC(C)CCSP(O)(O)=S.[Cr]. The largest absolute Gasteiger partial charge is 0.338 e. The van der Waals surface area contributed by atoms with Crippen molar-refractivity contribution in [1.29, 1.82) is 0 Å². The van der Waals surface area contributed by atoms with Crippen molar-refractivity contribution < 1.29 is 27.1 Å². The Bertz CT molecular complexity index is 209. The second-order valence-corrected chi connectivity index (χ2v) is 10.7. The number of rotatable bonds is 8. The summed E-state index contributed by atoms with van der Waals surface area (Å²) < 4.78 is 0. The van der Waals surface area contributed by atoms with E-state index in [0.717, 1.165) is 29.5 Å². The molecule has 0 bridgehead atoms. The van der Waals surface area contributed by atoms with E-state index in [1.54, 1.807) is 0 Å². The van der Waals surface area contributed by atoms with Crippen LogP contribution in [0.1, 0.15) is 46.5 Å². The van der Waals surface area contributed by atoms with Crippen LogP contribution >= 0.6 is 17.1 Å². The minimum Gasteiger partial charge on any atom is -0.338 e. The standard InChI is InChI=1S/C10H23O2PS2.Cr/c1-9(2)5-4-6-10(3)7-8-15-13(11,12)14;/h9-10H,4-8H2,1-3H3,(H2,11,12,14);. The molecule has 16 heavy (non-hydrogen) atoms. The van der Waals surface area contributed by atoms with Gasteiger partial charge in [-0.3, -0.25) is 0 Å². The van der Waals surface area contributed by atoms with Gasteiger partial charge in [0.15, 0.2) is 0 Å². The molecular formula is C10H23CrO2PS2. The van der Waals surface area contributed by atoms with Crippen LogP contribution in [0.4, 0.5) is 0 Å². The van der Waals surface area contributed by atoms with E-state index < -0.39 is 5.69 Å². The van der Waals surface area contributed by atoms with E-state index in [0.29, 0.717) is 5.92 Å². The van der Waals surface area contributed by atoms with Crippen LogP contribution in [0.3, 0.4) is 0 Å². The Hall–Kier alpha value is 1.45. The van der Waals surface area contributed by atoms with E-state index in [1.807, 2.05) is 0 Å². The molecule has 0 aliphatic heterocycles. The predicted molar refractivity (Wildman–Crippen MR) is 73.7 cm³/mol. The monoisotopic (exact) mass is 322 g/mol. The predicted octanol–water partition coefficient (Wildman–Crippen LogP) is 3.78. The number of hydrogen-bond donors (Lipinski definition) is 2. The molecule has 0 aliphatic rings. The molecule has 1 unspecified atom stereocenters. The van der Waals surface area contributed by atoms with Gasteiger partial charge in [-0.15, -0.1) is 0 Å². The molecule has 0 saturated heterocycles. The van der Waals surface area contributed by atoms with Crippen molar-refractivity contribution in [2.24, 2.45) is 11.8 Å². The van der Waals surface area contributed by atoms with Crippen LogP contribution in [-0.2, 0) is 29.2 Å². The van der Waals surface area contributed by atoms with E-state index in [9.17, 15) is 0 Å². The molecule has 6 heteroatoms. The first-order valence-corrected chi connectivity index (χ1v) is 9.81. The van der Waals surface area contributed by atoms with Crippen molar-refractivity contribution in [2.75, 3.05) is 5.75 Å². The molecule has 2 nitrogen and oxygen atoms in total. The van der Waals surface area contributed by atoms with Gasteiger partial charge >= 0.3 is 0 Å². The molecule has 0 amide bonds. The van der Waals surface area contributed by atoms with Gasteiger partial charge in [0, 0.05) is 23.1 Å². The fourth-order valence-electron chi connectivity index (χ4n) is 1.39. The summed E-state index contributed by atoms with van der Waals surface area (Å²) in [4.78, 5) is 18.0. The molecule has 0 spiro atoms. The van der Waals surface area contributed by atoms with Crippen LogP contribution < -0.4 is 0 Å². The van der Waals surface area contributed by atoms with Crippen LogP contribution in [0.5, 0.6) is 0 Å². The third kappa shape index (κ3) is 15.5. The summed E-state index contributed by atoms with van der Waals surface area (Å²) in [7, 11) is 0. The Morgan fingerprint density at radius 1 is 1.12 bits per heavy atom. The van der Waals surface area contributed by atoms with Gasteiger partial charge in [0.25, 0.3) is 0 Å². The van der Waals surface area contributed by atoms with Crippen molar-refractivity contribution >= 4 is 28.9 Å². The molecule has 2 N–H and O–H groups in total. The Morgan fingerprint density at radius 2 is 1.69 bits per heavy atom. The average molecular weight is 322 g/mol. The minimum absolute atomic E-state index is 0. The quantitative estimate of drug-likeness (QED) is 0.667. The smallest absolute Gasteiger partial charge is 0.242 e. The Balaban J connectivity index is 0. The van der Waals surface area contributed by atoms with Crippen molar-refractivity contribution in [1.82, 2.24) is 0 Å². The van der Waals surface area contributed by atoms with Gasteiger partial charge in [-0.2, -0.15) is 0 Å². The Kier molecular flexibility index (Phi) is 12.8. The Labute approximate surface area is 120 Å². The summed E-state index contributed by atoms with van der Waals surface area (Å²) in [5, 5.41) is 0. The third-order valence-corrected chi connectivity index (χ3v) is 5.61. The summed E-state index contributed by atoms with van der Waals surface area (Å²) in [6, 6.07) is 0. The average Bonchev–Trinajstić information content (AvgIpc) is 2.00. The molecule has 0 aromatic carbocycles. The van der Waals surface area contributed by atoms with Crippen LogP contribution in [0.25, 0.3) is 0 Å². The third-order valence-electron chi connectivity index (χ3n) is 2.35. The van der Waals surface area contributed by atoms with Gasteiger partial charge in [0.1, 0.15) is 0 Å². The normalized spacial score (nSPS) is 13.6. The summed E-state index contributed by atoms with van der Waals surface area (Å²) in [5.41, 5.74) is -3.01. The van der Waals surface area contributed by atoms with Crippen molar-refractivity contribution in [2.45, 2.75) is 46.5 Å². The molecule has 0 aromatic heterocycles. The molecule has 0 aliphatic carbocycles. The first-order chi connectivity index (χ1) is 6.81. The molecule has 0 rings (SSSR count). The van der Waals surface area contributed by atoms with Gasteiger partial charge in [-0.1, -0.05) is 51.4 Å². The molecular weight excluding hydrogens is 299 g/mol. The van der Waals surface area contributed by atoms with Crippen LogP contribution in [-0.4, -0.2) is 15.5 Å². The summed E-state index contributed by atoms with van der Waals surface area (Å²) in [6.45, 7) is 6.71. The first kappa shape index (κ1) is 19.8. The fraction of sp³-hybridized carbons (Fsp3) is 1.00. The Morgan fingerprint density at radius 3 is 2.12 bits per heavy atom. The first-order valence-electron chi connectivity index (χ1n) is 5.51. The summed E-state index contributed by atoms with van der Waals surface area (Å²) in [5.74, 6) is 2.22. The molecule has 1 atom stereocenters. The van der Waals surface area contributed by atoms with E-state index in [-0.39, 0.29) is 17.4 Å². The topological polar surface area (TPSA) is 40.5 Å². The molecule has 98 valence electrons. The second kappa shape index (κ2) is 10.4. The number of hydrogen-bond acceptors (Lipinski definition) is 2. The fourth-order valence-corrected chi connectivity index (χ4v) is 3.84. The van der Waals surface area contributed by atoms with E-state index in [1.165, 1.54) is 19.3 Å². The van der Waals surface area contributed by atoms with Gasteiger partial charge in [-0.05, 0) is 30.1 Å². The van der Waals surface area contributed by atoms with E-state index >= 15 is 0 Å². The maximum atomic E-state index is 9.02. The minimum atomic E-state index is -3.01. The van der Waals surface area contributed by atoms with Crippen molar-refractivity contribution in [3.05, 3.63) is 0 Å². The van der Waals surface area contributed by atoms with E-state index in [2.05, 4.69) is 32.6 Å². The molecule has 0 radical (unpaired) electrons. The van der Waals surface area contributed by atoms with Gasteiger partial charge < -0.3 is 9.79 Å². The van der Waals surface area contributed by atoms with Crippen LogP contribution in [0.2, 0.25) is 0 Å². The summed E-state index contributed by atoms with van der Waals surface area (Å²) >= 11 is 5.68. The van der Waals surface area contributed by atoms with Gasteiger partial charge in [0.2, 0.25) is 5.69 Å². The van der Waals surface area contributed by atoms with E-state index in [4.69, 9.17) is 9.79 Å². The zero-order chi connectivity index (χ0) is 11.9. The zero-order valence-electron chi connectivity index (χ0n) is 10.3. The maximum Gasteiger partial charge on any atom is 0.242 e. The molecule has 0 heterocycles. The molecule has 0 aromatic rings. The van der Waals surface area contributed by atoms with Crippen molar-refractivity contribution in [3.63, 3.8) is 0 Å². The zero-order valence-corrected chi connectivity index (χ0v) is 14.1. The van der Waals surface area contributed by atoms with Crippen LogP contribution in [0, 0.1) is 11.8 Å². The van der Waals surface area contributed by atoms with Gasteiger partial charge in [-0.25, -0.2) is 0 Å². The molecule has 0 fully saturated rings. The molecule has 0 saturated carbocycles. The second-order valence-electron chi connectivity index (χ2n) is 4.54. The maximum absolute atomic E-state index is 9.02.